The molecule has 0 N–H and O–H groups in total. The second kappa shape index (κ2) is 7.76. The molecule has 0 bridgehead atoms. The van der Waals surface area contributed by atoms with Gasteiger partial charge in [-0.25, -0.2) is 0 Å². The highest BCUT2D eigenvalue weighted by Gasteiger charge is 2.46. The van der Waals surface area contributed by atoms with E-state index in [2.05, 4.69) is 10.2 Å². The Morgan fingerprint density at radius 1 is 1.16 bits per heavy atom. The van der Waals surface area contributed by atoms with E-state index in [0.717, 1.165) is 0 Å². The Labute approximate surface area is 187 Å². The molecular weight excluding hydrogens is 430 g/mol. The Morgan fingerprint density at radius 3 is 2.69 bits per heavy atom. The third-order valence-electron chi connectivity index (χ3n) is 5.31. The monoisotopic (exact) mass is 449 g/mol. The predicted molar refractivity (Wildman–Crippen MR) is 120 cm³/mol. The van der Waals surface area contributed by atoms with Gasteiger partial charge in [0.1, 0.15) is 28.1 Å². The average molecular weight is 449 g/mol. The van der Waals surface area contributed by atoms with Crippen molar-refractivity contribution >= 4 is 33.3 Å². The van der Waals surface area contributed by atoms with Crippen molar-refractivity contribution in [1.29, 1.82) is 0 Å². The van der Waals surface area contributed by atoms with Crippen LogP contribution in [0.5, 0.6) is 11.5 Å². The van der Waals surface area contributed by atoms with Gasteiger partial charge < -0.3 is 13.9 Å². The lowest BCUT2D eigenvalue weighted by Crippen LogP contribution is -2.29. The van der Waals surface area contributed by atoms with E-state index < -0.39 is 11.9 Å². The van der Waals surface area contributed by atoms with Crippen LogP contribution in [-0.2, 0) is 0 Å². The van der Waals surface area contributed by atoms with Crippen molar-refractivity contribution in [3.8, 4) is 11.5 Å². The SMILES string of the molecule is CCOc1ccc2c(=O)c3c(oc2c1)C(=O)N(c1nnc(C)s1)C3c1ccccc1OC. The Balaban J connectivity index is 1.80. The van der Waals surface area contributed by atoms with Crippen molar-refractivity contribution < 1.29 is 18.7 Å². The fourth-order valence-corrected chi connectivity index (χ4v) is 4.69. The number of nitrogens with zero attached hydrogens (tertiary/aromatic N) is 3. The van der Waals surface area contributed by atoms with Crippen LogP contribution in [0, 0.1) is 6.92 Å². The number of anilines is 1. The number of para-hydroxylation sites is 1. The number of carbonyl (C=O) groups is 1. The van der Waals surface area contributed by atoms with Gasteiger partial charge in [-0.05, 0) is 32.0 Å². The third-order valence-corrected chi connectivity index (χ3v) is 6.15. The van der Waals surface area contributed by atoms with Crippen molar-refractivity contribution in [3.63, 3.8) is 0 Å². The van der Waals surface area contributed by atoms with Gasteiger partial charge >= 0.3 is 0 Å². The fourth-order valence-electron chi connectivity index (χ4n) is 3.97. The predicted octanol–water partition coefficient (Wildman–Crippen LogP) is 4.11. The average Bonchev–Trinajstić information content (AvgIpc) is 3.35. The number of carbonyl (C=O) groups excluding carboxylic acids is 1. The van der Waals surface area contributed by atoms with E-state index in [9.17, 15) is 9.59 Å². The number of hydrogen-bond donors (Lipinski definition) is 0. The van der Waals surface area contributed by atoms with Crippen LogP contribution in [0.2, 0.25) is 0 Å². The van der Waals surface area contributed by atoms with E-state index in [1.807, 2.05) is 25.1 Å². The largest absolute Gasteiger partial charge is 0.496 e. The molecule has 9 heteroatoms. The Morgan fingerprint density at radius 2 is 1.97 bits per heavy atom. The highest BCUT2D eigenvalue weighted by molar-refractivity contribution is 7.15. The molecule has 0 saturated heterocycles. The van der Waals surface area contributed by atoms with Gasteiger partial charge in [0, 0.05) is 11.6 Å². The Hall–Kier alpha value is -3.72. The molecule has 8 nitrogen and oxygen atoms in total. The Kier molecular flexibility index (Phi) is 4.90. The first-order chi connectivity index (χ1) is 15.5. The summed E-state index contributed by atoms with van der Waals surface area (Å²) in [5, 5.41) is 9.68. The van der Waals surface area contributed by atoms with Crippen molar-refractivity contribution in [2.24, 2.45) is 0 Å². The highest BCUT2D eigenvalue weighted by atomic mass is 32.1. The summed E-state index contributed by atoms with van der Waals surface area (Å²) in [5.74, 6) is 0.648. The molecule has 1 atom stereocenters. The first-order valence-electron chi connectivity index (χ1n) is 10.0. The molecule has 162 valence electrons. The zero-order valence-corrected chi connectivity index (χ0v) is 18.4. The molecule has 32 heavy (non-hydrogen) atoms. The lowest BCUT2D eigenvalue weighted by Gasteiger charge is -2.23. The van der Waals surface area contributed by atoms with Crippen LogP contribution in [-0.4, -0.2) is 29.8 Å². The molecule has 0 aliphatic carbocycles. The van der Waals surface area contributed by atoms with Crippen molar-refractivity contribution in [2.75, 3.05) is 18.6 Å². The minimum atomic E-state index is -0.756. The second-order valence-electron chi connectivity index (χ2n) is 7.19. The fraction of sp³-hybridized carbons (Fsp3) is 0.217. The molecule has 2 aromatic heterocycles. The summed E-state index contributed by atoms with van der Waals surface area (Å²) in [6, 6.07) is 11.5. The Bertz CT molecular complexity index is 1410. The van der Waals surface area contributed by atoms with Crippen LogP contribution in [0.25, 0.3) is 11.0 Å². The number of benzene rings is 2. The third kappa shape index (κ3) is 3.04. The summed E-state index contributed by atoms with van der Waals surface area (Å²) in [6.07, 6.45) is 0. The van der Waals surface area contributed by atoms with Crippen LogP contribution in [0.15, 0.2) is 51.7 Å². The first kappa shape index (κ1) is 20.2. The molecule has 0 radical (unpaired) electrons. The zero-order valence-electron chi connectivity index (χ0n) is 17.6. The summed E-state index contributed by atoms with van der Waals surface area (Å²) in [4.78, 5) is 28.7. The number of aromatic nitrogens is 2. The highest BCUT2D eigenvalue weighted by Crippen LogP contribution is 2.44. The van der Waals surface area contributed by atoms with Gasteiger partial charge in [0.25, 0.3) is 5.91 Å². The molecule has 0 spiro atoms. The van der Waals surface area contributed by atoms with Gasteiger partial charge in [0.15, 0.2) is 5.43 Å². The van der Waals surface area contributed by atoms with E-state index >= 15 is 0 Å². The molecule has 1 amide bonds. The van der Waals surface area contributed by atoms with E-state index in [-0.39, 0.29) is 16.8 Å². The normalized spacial score (nSPS) is 15.3. The van der Waals surface area contributed by atoms with Gasteiger partial charge in [-0.1, -0.05) is 29.5 Å². The van der Waals surface area contributed by atoms with Crippen molar-refractivity contribution in [3.05, 3.63) is 74.6 Å². The summed E-state index contributed by atoms with van der Waals surface area (Å²) in [6.45, 7) is 4.14. The zero-order chi connectivity index (χ0) is 22.4. The lowest BCUT2D eigenvalue weighted by molar-refractivity contribution is 0.0970. The van der Waals surface area contributed by atoms with E-state index in [4.69, 9.17) is 13.9 Å². The summed E-state index contributed by atoms with van der Waals surface area (Å²) in [5.41, 5.74) is 0.927. The summed E-state index contributed by atoms with van der Waals surface area (Å²) < 4.78 is 17.1. The summed E-state index contributed by atoms with van der Waals surface area (Å²) >= 11 is 1.27. The van der Waals surface area contributed by atoms with Crippen LogP contribution < -0.4 is 19.8 Å². The number of methoxy groups -OCH3 is 1. The van der Waals surface area contributed by atoms with Crippen molar-refractivity contribution in [1.82, 2.24) is 10.2 Å². The van der Waals surface area contributed by atoms with Gasteiger partial charge in [0.2, 0.25) is 10.9 Å². The van der Waals surface area contributed by atoms with Gasteiger partial charge in [0.05, 0.1) is 24.7 Å². The van der Waals surface area contributed by atoms with E-state index in [0.29, 0.717) is 44.8 Å². The molecule has 5 rings (SSSR count). The maximum absolute atomic E-state index is 13.6. The van der Waals surface area contributed by atoms with Crippen molar-refractivity contribution in [2.45, 2.75) is 19.9 Å². The van der Waals surface area contributed by atoms with Crippen LogP contribution in [0.4, 0.5) is 5.13 Å². The summed E-state index contributed by atoms with van der Waals surface area (Å²) in [7, 11) is 1.55. The van der Waals surface area contributed by atoms with Gasteiger partial charge in [-0.2, -0.15) is 0 Å². The number of aryl methyl sites for hydroxylation is 1. The number of fused-ring (bicyclic) bond motifs is 2. The molecule has 4 aromatic rings. The molecule has 2 aromatic carbocycles. The topological polar surface area (TPSA) is 94.8 Å². The molecule has 0 saturated carbocycles. The minimum absolute atomic E-state index is 0.0140. The smallest absolute Gasteiger partial charge is 0.297 e. The molecule has 3 heterocycles. The van der Waals surface area contributed by atoms with Crippen LogP contribution in [0.3, 0.4) is 0 Å². The van der Waals surface area contributed by atoms with E-state index in [1.54, 1.807) is 38.3 Å². The van der Waals surface area contributed by atoms with Crippen LogP contribution >= 0.6 is 11.3 Å². The molecule has 1 aliphatic rings. The second-order valence-corrected chi connectivity index (χ2v) is 8.35. The molecule has 0 fully saturated rings. The maximum atomic E-state index is 13.6. The van der Waals surface area contributed by atoms with Gasteiger partial charge in [-0.3, -0.25) is 14.5 Å². The van der Waals surface area contributed by atoms with Gasteiger partial charge in [-0.15, -0.1) is 10.2 Å². The lowest BCUT2D eigenvalue weighted by atomic mass is 9.98. The van der Waals surface area contributed by atoms with E-state index in [1.165, 1.54) is 16.2 Å². The first-order valence-corrected chi connectivity index (χ1v) is 10.8. The quantitative estimate of drug-likeness (QED) is 0.452. The standard InChI is InChI=1S/C23H19N3O5S/c1-4-30-13-9-10-15-17(11-13)31-21-18(20(15)27)19(14-7-5-6-8-16(14)29-3)26(22(21)28)23-25-24-12(2)32-23/h5-11,19H,4H2,1-3H3. The number of rotatable bonds is 5. The molecular formula is C23H19N3O5S. The number of ether oxygens (including phenoxy) is 2. The van der Waals surface area contributed by atoms with Crippen LogP contribution in [0.1, 0.15) is 39.7 Å². The number of hydrogen-bond acceptors (Lipinski definition) is 8. The minimum Gasteiger partial charge on any atom is -0.496 e. The number of amides is 1. The maximum Gasteiger partial charge on any atom is 0.297 e. The molecule has 1 unspecified atom stereocenters. The molecule has 1 aliphatic heterocycles.